The number of hydrogen-bond acceptors (Lipinski definition) is 4. The third-order valence-electron chi connectivity index (χ3n) is 7.50. The SMILES string of the molecule is CN(CCCN1CCC(c2cccs2)(N(C)C)CC1)C(=O)CCc1cn(C)c2ccccc12. The van der Waals surface area contributed by atoms with Gasteiger partial charge in [0.15, 0.2) is 0 Å². The summed E-state index contributed by atoms with van der Waals surface area (Å²) in [6.07, 6.45) is 6.90. The molecule has 1 aliphatic rings. The average molecular weight is 467 g/mol. The van der Waals surface area contributed by atoms with Gasteiger partial charge in [-0.3, -0.25) is 9.69 Å². The fourth-order valence-corrected chi connectivity index (χ4v) is 6.38. The van der Waals surface area contributed by atoms with E-state index in [1.165, 1.54) is 34.2 Å². The zero-order chi connectivity index (χ0) is 23.4. The van der Waals surface area contributed by atoms with Crippen molar-refractivity contribution in [1.29, 1.82) is 0 Å². The highest BCUT2D eigenvalue weighted by Gasteiger charge is 2.38. The van der Waals surface area contributed by atoms with Crippen LogP contribution in [0, 0.1) is 0 Å². The van der Waals surface area contributed by atoms with E-state index in [1.54, 1.807) is 0 Å². The zero-order valence-corrected chi connectivity index (χ0v) is 21.4. The van der Waals surface area contributed by atoms with E-state index in [2.05, 4.69) is 83.5 Å². The Labute approximate surface area is 202 Å². The quantitative estimate of drug-likeness (QED) is 0.463. The minimum Gasteiger partial charge on any atom is -0.350 e. The van der Waals surface area contributed by atoms with Crippen molar-refractivity contribution in [1.82, 2.24) is 19.3 Å². The molecule has 6 heteroatoms. The first-order valence-electron chi connectivity index (χ1n) is 12.1. The molecular formula is C27H38N4OS. The van der Waals surface area contributed by atoms with Crippen molar-refractivity contribution >= 4 is 28.1 Å². The molecule has 0 radical (unpaired) electrons. The lowest BCUT2D eigenvalue weighted by Gasteiger charge is -2.46. The van der Waals surface area contributed by atoms with Gasteiger partial charge in [-0.1, -0.05) is 24.3 Å². The largest absolute Gasteiger partial charge is 0.350 e. The molecule has 5 nitrogen and oxygen atoms in total. The fourth-order valence-electron chi connectivity index (χ4n) is 5.32. The number of nitrogens with zero attached hydrogens (tertiary/aromatic N) is 4. The summed E-state index contributed by atoms with van der Waals surface area (Å²) in [5.41, 5.74) is 2.67. The van der Waals surface area contributed by atoms with Gasteiger partial charge in [0, 0.05) is 62.1 Å². The molecule has 1 saturated heterocycles. The van der Waals surface area contributed by atoms with Crippen molar-refractivity contribution in [2.45, 2.75) is 37.6 Å². The van der Waals surface area contributed by atoms with Gasteiger partial charge in [0.1, 0.15) is 0 Å². The van der Waals surface area contributed by atoms with Gasteiger partial charge in [-0.15, -0.1) is 11.3 Å². The molecule has 2 aromatic heterocycles. The second-order valence-corrected chi connectivity index (χ2v) is 10.6. The Kier molecular flexibility index (Phi) is 7.57. The Morgan fingerprint density at radius 3 is 2.55 bits per heavy atom. The highest BCUT2D eigenvalue weighted by atomic mass is 32.1. The van der Waals surface area contributed by atoms with Crippen LogP contribution in [0.5, 0.6) is 0 Å². The van der Waals surface area contributed by atoms with Gasteiger partial charge < -0.3 is 14.4 Å². The van der Waals surface area contributed by atoms with Crippen molar-refractivity contribution in [3.05, 3.63) is 58.4 Å². The minimum absolute atomic E-state index is 0.180. The van der Waals surface area contributed by atoms with Crippen molar-refractivity contribution in [3.63, 3.8) is 0 Å². The average Bonchev–Trinajstić information content (AvgIpc) is 3.47. The molecule has 1 aromatic carbocycles. The Morgan fingerprint density at radius 1 is 1.09 bits per heavy atom. The monoisotopic (exact) mass is 466 g/mol. The summed E-state index contributed by atoms with van der Waals surface area (Å²) < 4.78 is 2.15. The molecule has 0 N–H and O–H groups in total. The van der Waals surface area contributed by atoms with Crippen LogP contribution in [0.25, 0.3) is 10.9 Å². The van der Waals surface area contributed by atoms with Gasteiger partial charge in [0.25, 0.3) is 0 Å². The number of amides is 1. The summed E-state index contributed by atoms with van der Waals surface area (Å²) in [6.45, 7) is 4.13. The molecular weight excluding hydrogens is 428 g/mol. The Morgan fingerprint density at radius 2 is 1.85 bits per heavy atom. The molecule has 0 saturated carbocycles. The van der Waals surface area contributed by atoms with E-state index in [-0.39, 0.29) is 11.4 Å². The molecule has 0 aliphatic carbocycles. The number of thiophene rings is 1. The van der Waals surface area contributed by atoms with Gasteiger partial charge >= 0.3 is 0 Å². The van der Waals surface area contributed by atoms with Gasteiger partial charge in [-0.2, -0.15) is 0 Å². The van der Waals surface area contributed by atoms with Crippen LogP contribution in [-0.4, -0.2) is 72.5 Å². The number of rotatable bonds is 9. The lowest BCUT2D eigenvalue weighted by atomic mass is 9.84. The van der Waals surface area contributed by atoms with E-state index in [0.717, 1.165) is 39.0 Å². The minimum atomic E-state index is 0.180. The third kappa shape index (κ3) is 5.18. The van der Waals surface area contributed by atoms with Crippen LogP contribution in [0.15, 0.2) is 48.0 Å². The van der Waals surface area contributed by atoms with Crippen LogP contribution in [0.2, 0.25) is 0 Å². The number of fused-ring (bicyclic) bond motifs is 1. The number of aromatic nitrogens is 1. The Hall–Kier alpha value is -2.15. The molecule has 4 rings (SSSR count). The molecule has 3 heterocycles. The summed E-state index contributed by atoms with van der Waals surface area (Å²) in [5, 5.41) is 3.46. The second kappa shape index (κ2) is 10.4. The number of carbonyl (C=O) groups excluding carboxylic acids is 1. The molecule has 1 amide bonds. The van der Waals surface area contributed by atoms with E-state index in [1.807, 2.05) is 23.3 Å². The molecule has 3 aromatic rings. The lowest BCUT2D eigenvalue weighted by Crippen LogP contribution is -2.50. The highest BCUT2D eigenvalue weighted by Crippen LogP contribution is 2.39. The van der Waals surface area contributed by atoms with Crippen molar-refractivity contribution < 1.29 is 4.79 Å². The van der Waals surface area contributed by atoms with Crippen LogP contribution in [0.3, 0.4) is 0 Å². The molecule has 0 unspecified atom stereocenters. The Bertz CT molecular complexity index is 1050. The van der Waals surface area contributed by atoms with Gasteiger partial charge in [0.2, 0.25) is 5.91 Å². The maximum atomic E-state index is 12.7. The van der Waals surface area contributed by atoms with E-state index < -0.39 is 0 Å². The van der Waals surface area contributed by atoms with Gasteiger partial charge in [0.05, 0.1) is 5.54 Å². The fraction of sp³-hybridized carbons (Fsp3) is 0.519. The van der Waals surface area contributed by atoms with Crippen LogP contribution >= 0.6 is 11.3 Å². The number of hydrogen-bond donors (Lipinski definition) is 0. The predicted octanol–water partition coefficient (Wildman–Crippen LogP) is 4.57. The maximum Gasteiger partial charge on any atom is 0.222 e. The van der Waals surface area contributed by atoms with E-state index in [0.29, 0.717) is 6.42 Å². The first-order chi connectivity index (χ1) is 15.9. The number of para-hydroxylation sites is 1. The van der Waals surface area contributed by atoms with Crippen LogP contribution in [0.1, 0.15) is 36.1 Å². The highest BCUT2D eigenvalue weighted by molar-refractivity contribution is 7.10. The summed E-state index contributed by atoms with van der Waals surface area (Å²) in [7, 11) is 8.46. The smallest absolute Gasteiger partial charge is 0.222 e. The summed E-state index contributed by atoms with van der Waals surface area (Å²) in [4.78, 5) is 21.1. The molecule has 1 fully saturated rings. The van der Waals surface area contributed by atoms with Gasteiger partial charge in [-0.05, 0) is 69.4 Å². The Balaban J connectivity index is 1.21. The van der Waals surface area contributed by atoms with E-state index >= 15 is 0 Å². The number of aryl methyl sites for hydroxylation is 2. The normalized spacial score (nSPS) is 16.5. The van der Waals surface area contributed by atoms with Crippen molar-refractivity contribution in [2.75, 3.05) is 47.3 Å². The van der Waals surface area contributed by atoms with Crippen molar-refractivity contribution in [3.8, 4) is 0 Å². The summed E-state index contributed by atoms with van der Waals surface area (Å²) in [5.74, 6) is 0.242. The number of carbonyl (C=O) groups is 1. The maximum absolute atomic E-state index is 12.7. The zero-order valence-electron chi connectivity index (χ0n) is 20.6. The van der Waals surface area contributed by atoms with Gasteiger partial charge in [-0.25, -0.2) is 0 Å². The van der Waals surface area contributed by atoms with Crippen molar-refractivity contribution in [2.24, 2.45) is 7.05 Å². The van der Waals surface area contributed by atoms with Crippen LogP contribution in [0.4, 0.5) is 0 Å². The van der Waals surface area contributed by atoms with Crippen LogP contribution < -0.4 is 0 Å². The second-order valence-electron chi connectivity index (χ2n) is 9.70. The molecule has 0 bridgehead atoms. The number of likely N-dealkylation sites (tertiary alicyclic amines) is 1. The number of benzene rings is 1. The van der Waals surface area contributed by atoms with Crippen LogP contribution in [-0.2, 0) is 23.8 Å². The molecule has 33 heavy (non-hydrogen) atoms. The predicted molar refractivity (Wildman–Crippen MR) is 139 cm³/mol. The van der Waals surface area contributed by atoms with E-state index in [9.17, 15) is 4.79 Å². The third-order valence-corrected chi connectivity index (χ3v) is 8.56. The molecule has 0 spiro atoms. The van der Waals surface area contributed by atoms with E-state index in [4.69, 9.17) is 0 Å². The first kappa shape index (κ1) is 24.0. The number of piperidine rings is 1. The topological polar surface area (TPSA) is 31.7 Å². The first-order valence-corrected chi connectivity index (χ1v) is 13.0. The standard InChI is InChI=1S/C27H38N4OS/c1-28(2)27(25-11-7-20-33-25)14-18-31(19-15-27)17-8-16-29(3)26(32)13-12-22-21-30(4)24-10-6-5-9-23(22)24/h5-7,9-11,20-21H,8,12-19H2,1-4H3. The molecule has 0 atom stereocenters. The lowest BCUT2D eigenvalue weighted by molar-refractivity contribution is -0.129. The summed E-state index contributed by atoms with van der Waals surface area (Å²) >= 11 is 1.88. The molecule has 1 aliphatic heterocycles. The molecule has 178 valence electrons. The summed E-state index contributed by atoms with van der Waals surface area (Å²) in [6, 6.07) is 12.9.